The van der Waals surface area contributed by atoms with Crippen LogP contribution in [0.15, 0.2) is 54.6 Å². The molecule has 1 atom stereocenters. The van der Waals surface area contributed by atoms with Crippen molar-refractivity contribution in [2.45, 2.75) is 13.0 Å². The third kappa shape index (κ3) is 4.53. The van der Waals surface area contributed by atoms with Gasteiger partial charge in [0.05, 0.1) is 13.2 Å². The van der Waals surface area contributed by atoms with Gasteiger partial charge in [-0.05, 0) is 36.8 Å². The van der Waals surface area contributed by atoms with E-state index in [-0.39, 0.29) is 18.6 Å². The molecule has 1 N–H and O–H groups in total. The van der Waals surface area contributed by atoms with Crippen LogP contribution < -0.4 is 14.8 Å². The lowest BCUT2D eigenvalue weighted by Gasteiger charge is -2.15. The van der Waals surface area contributed by atoms with Crippen LogP contribution in [-0.2, 0) is 4.79 Å². The van der Waals surface area contributed by atoms with Gasteiger partial charge >= 0.3 is 0 Å². The zero-order chi connectivity index (χ0) is 15.1. The summed E-state index contributed by atoms with van der Waals surface area (Å²) in [5, 5.41) is 2.90. The normalized spacial score (nSPS) is 11.5. The van der Waals surface area contributed by atoms with Crippen LogP contribution in [0.5, 0.6) is 11.5 Å². The van der Waals surface area contributed by atoms with Gasteiger partial charge in [-0.15, -0.1) is 0 Å². The fraction of sp³-hybridized carbons (Fsp3) is 0.235. The first kappa shape index (κ1) is 14.9. The summed E-state index contributed by atoms with van der Waals surface area (Å²) >= 11 is 0. The zero-order valence-corrected chi connectivity index (χ0v) is 12.2. The van der Waals surface area contributed by atoms with Crippen molar-refractivity contribution in [3.8, 4) is 11.5 Å². The lowest BCUT2D eigenvalue weighted by Crippen LogP contribution is -2.31. The third-order valence-electron chi connectivity index (χ3n) is 3.08. The minimum Gasteiger partial charge on any atom is -0.497 e. The molecule has 0 aliphatic carbocycles. The predicted molar refractivity (Wildman–Crippen MR) is 81.5 cm³/mol. The van der Waals surface area contributed by atoms with Crippen LogP contribution in [0.2, 0.25) is 0 Å². The van der Waals surface area contributed by atoms with Gasteiger partial charge in [0.1, 0.15) is 11.5 Å². The van der Waals surface area contributed by atoms with Gasteiger partial charge in [0.15, 0.2) is 6.61 Å². The fourth-order valence-electron chi connectivity index (χ4n) is 1.94. The van der Waals surface area contributed by atoms with E-state index < -0.39 is 0 Å². The maximum atomic E-state index is 11.9. The Kier molecular flexibility index (Phi) is 5.21. The summed E-state index contributed by atoms with van der Waals surface area (Å²) in [6.45, 7) is 1.92. The highest BCUT2D eigenvalue weighted by Gasteiger charge is 2.10. The number of carbonyl (C=O) groups excluding carboxylic acids is 1. The summed E-state index contributed by atoms with van der Waals surface area (Å²) in [6.07, 6.45) is 0. The van der Waals surface area contributed by atoms with Crippen molar-refractivity contribution >= 4 is 5.91 Å². The molecule has 2 rings (SSSR count). The van der Waals surface area contributed by atoms with E-state index in [1.807, 2.05) is 61.5 Å². The van der Waals surface area contributed by atoms with E-state index in [0.29, 0.717) is 5.75 Å². The fourth-order valence-corrected chi connectivity index (χ4v) is 1.94. The van der Waals surface area contributed by atoms with Gasteiger partial charge in [-0.25, -0.2) is 0 Å². The number of hydrogen-bond acceptors (Lipinski definition) is 3. The quantitative estimate of drug-likeness (QED) is 0.887. The summed E-state index contributed by atoms with van der Waals surface area (Å²) in [5.74, 6) is 1.30. The molecule has 4 nitrogen and oxygen atoms in total. The van der Waals surface area contributed by atoms with E-state index in [1.54, 1.807) is 7.11 Å². The number of para-hydroxylation sites is 1. The van der Waals surface area contributed by atoms with Crippen molar-refractivity contribution in [3.63, 3.8) is 0 Å². The minimum absolute atomic E-state index is 0.00166. The molecule has 0 radical (unpaired) electrons. The first-order valence-electron chi connectivity index (χ1n) is 6.80. The minimum atomic E-state index is -0.158. The Hall–Kier alpha value is -2.49. The van der Waals surface area contributed by atoms with Crippen LogP contribution in [0, 0.1) is 0 Å². The molecule has 2 aromatic carbocycles. The molecule has 110 valence electrons. The molecule has 0 heterocycles. The average Bonchev–Trinajstić information content (AvgIpc) is 2.54. The summed E-state index contributed by atoms with van der Waals surface area (Å²) < 4.78 is 10.6. The molecule has 0 saturated carbocycles. The van der Waals surface area contributed by atoms with Crippen LogP contribution in [0.25, 0.3) is 0 Å². The molecule has 0 unspecified atom stereocenters. The summed E-state index contributed by atoms with van der Waals surface area (Å²) in [7, 11) is 1.62. The molecule has 0 spiro atoms. The molecular weight excluding hydrogens is 266 g/mol. The second-order valence-corrected chi connectivity index (χ2v) is 4.67. The van der Waals surface area contributed by atoms with Crippen molar-refractivity contribution in [1.82, 2.24) is 5.32 Å². The molecule has 4 heteroatoms. The van der Waals surface area contributed by atoms with E-state index in [1.165, 1.54) is 0 Å². The third-order valence-corrected chi connectivity index (χ3v) is 3.08. The molecule has 21 heavy (non-hydrogen) atoms. The van der Waals surface area contributed by atoms with Crippen molar-refractivity contribution in [1.29, 1.82) is 0 Å². The molecule has 0 aliphatic rings. The van der Waals surface area contributed by atoms with E-state index >= 15 is 0 Å². The Labute approximate surface area is 124 Å². The SMILES string of the molecule is COc1cccc([C@@H](C)NC(=O)COc2ccccc2)c1. The molecule has 0 fully saturated rings. The molecule has 0 saturated heterocycles. The van der Waals surface area contributed by atoms with E-state index in [4.69, 9.17) is 9.47 Å². The number of nitrogens with one attached hydrogen (secondary N) is 1. The van der Waals surface area contributed by atoms with Gasteiger partial charge in [-0.2, -0.15) is 0 Å². The standard InChI is InChI=1S/C17H19NO3/c1-13(14-7-6-10-16(11-14)20-2)18-17(19)12-21-15-8-4-3-5-9-15/h3-11,13H,12H2,1-2H3,(H,18,19)/t13-/m1/s1. The van der Waals surface area contributed by atoms with Crippen molar-refractivity contribution in [3.05, 3.63) is 60.2 Å². The first-order valence-corrected chi connectivity index (χ1v) is 6.80. The average molecular weight is 285 g/mol. The maximum Gasteiger partial charge on any atom is 0.258 e. The second-order valence-electron chi connectivity index (χ2n) is 4.67. The zero-order valence-electron chi connectivity index (χ0n) is 12.2. The van der Waals surface area contributed by atoms with Crippen LogP contribution in [0.4, 0.5) is 0 Å². The second kappa shape index (κ2) is 7.33. The monoisotopic (exact) mass is 285 g/mol. The number of ether oxygens (including phenoxy) is 2. The lowest BCUT2D eigenvalue weighted by molar-refractivity contribution is -0.123. The summed E-state index contributed by atoms with van der Waals surface area (Å²) in [5.41, 5.74) is 0.988. The number of methoxy groups -OCH3 is 1. The molecule has 0 aliphatic heterocycles. The van der Waals surface area contributed by atoms with Crippen LogP contribution in [-0.4, -0.2) is 19.6 Å². The highest BCUT2D eigenvalue weighted by atomic mass is 16.5. The van der Waals surface area contributed by atoms with Gasteiger partial charge in [0.25, 0.3) is 5.91 Å². The van der Waals surface area contributed by atoms with Crippen molar-refractivity contribution < 1.29 is 14.3 Å². The van der Waals surface area contributed by atoms with Crippen LogP contribution in [0.1, 0.15) is 18.5 Å². The van der Waals surface area contributed by atoms with E-state index in [9.17, 15) is 4.79 Å². The predicted octanol–water partition coefficient (Wildman–Crippen LogP) is 2.95. The molecule has 0 bridgehead atoms. The summed E-state index contributed by atoms with van der Waals surface area (Å²) in [6, 6.07) is 16.8. The maximum absolute atomic E-state index is 11.9. The largest absolute Gasteiger partial charge is 0.497 e. The van der Waals surface area contributed by atoms with Crippen LogP contribution >= 0.6 is 0 Å². The topological polar surface area (TPSA) is 47.6 Å². The Balaban J connectivity index is 1.87. The van der Waals surface area contributed by atoms with Gasteiger partial charge in [-0.1, -0.05) is 30.3 Å². The van der Waals surface area contributed by atoms with Crippen LogP contribution in [0.3, 0.4) is 0 Å². The van der Waals surface area contributed by atoms with E-state index in [2.05, 4.69) is 5.32 Å². The number of benzene rings is 2. The Bertz CT molecular complexity index is 584. The van der Waals surface area contributed by atoms with Crippen molar-refractivity contribution in [2.24, 2.45) is 0 Å². The van der Waals surface area contributed by atoms with Crippen molar-refractivity contribution in [2.75, 3.05) is 13.7 Å². The van der Waals surface area contributed by atoms with Gasteiger partial charge in [0, 0.05) is 0 Å². The van der Waals surface area contributed by atoms with Gasteiger partial charge in [0.2, 0.25) is 0 Å². The number of amides is 1. The smallest absolute Gasteiger partial charge is 0.258 e. The first-order chi connectivity index (χ1) is 10.2. The number of rotatable bonds is 6. The highest BCUT2D eigenvalue weighted by Crippen LogP contribution is 2.18. The Morgan fingerprint density at radius 1 is 1.10 bits per heavy atom. The lowest BCUT2D eigenvalue weighted by atomic mass is 10.1. The number of carbonyl (C=O) groups is 1. The molecular formula is C17H19NO3. The number of hydrogen-bond donors (Lipinski definition) is 1. The van der Waals surface area contributed by atoms with E-state index in [0.717, 1.165) is 11.3 Å². The Morgan fingerprint density at radius 2 is 1.81 bits per heavy atom. The van der Waals surface area contributed by atoms with Gasteiger partial charge < -0.3 is 14.8 Å². The molecule has 0 aromatic heterocycles. The molecule has 2 aromatic rings. The molecule has 1 amide bonds. The van der Waals surface area contributed by atoms with Gasteiger partial charge in [-0.3, -0.25) is 4.79 Å². The Morgan fingerprint density at radius 3 is 2.52 bits per heavy atom. The highest BCUT2D eigenvalue weighted by molar-refractivity contribution is 5.78. The summed E-state index contributed by atoms with van der Waals surface area (Å²) in [4.78, 5) is 11.9.